The van der Waals surface area contributed by atoms with Crippen LogP contribution in [0.1, 0.15) is 60.5 Å². The first-order valence-corrected chi connectivity index (χ1v) is 11.2. The van der Waals surface area contributed by atoms with Crippen LogP contribution in [0, 0.1) is 6.92 Å². The fourth-order valence-corrected chi connectivity index (χ4v) is 4.15. The second-order valence-corrected chi connectivity index (χ2v) is 8.23. The number of aryl methyl sites for hydroxylation is 1. The molecule has 0 radical (unpaired) electrons. The van der Waals surface area contributed by atoms with Crippen molar-refractivity contribution in [3.63, 3.8) is 0 Å². The second-order valence-electron chi connectivity index (χ2n) is 7.23. The van der Waals surface area contributed by atoms with E-state index in [2.05, 4.69) is 24.1 Å². The molecule has 1 amide bonds. The van der Waals surface area contributed by atoms with Gasteiger partial charge in [-0.05, 0) is 32.4 Å². The molecule has 0 saturated carbocycles. The van der Waals surface area contributed by atoms with Crippen molar-refractivity contribution in [1.29, 1.82) is 0 Å². The minimum atomic E-state index is -4.47. The van der Waals surface area contributed by atoms with Crippen LogP contribution in [0.25, 0.3) is 10.6 Å². The number of aromatic nitrogens is 1. The Morgan fingerprint density at radius 2 is 1.80 bits per heavy atom. The maximum Gasteiger partial charge on any atom is 0.417 e. The third kappa shape index (κ3) is 6.54. The quantitative estimate of drug-likeness (QED) is 0.450. The number of hydrogen-bond acceptors (Lipinski definition) is 4. The van der Waals surface area contributed by atoms with Crippen molar-refractivity contribution in [2.24, 2.45) is 0 Å². The van der Waals surface area contributed by atoms with Crippen LogP contribution >= 0.6 is 11.3 Å². The first-order valence-electron chi connectivity index (χ1n) is 10.4. The zero-order chi connectivity index (χ0) is 22.1. The van der Waals surface area contributed by atoms with E-state index in [4.69, 9.17) is 0 Å². The van der Waals surface area contributed by atoms with E-state index in [-0.39, 0.29) is 16.5 Å². The van der Waals surface area contributed by atoms with E-state index < -0.39 is 11.7 Å². The topological polar surface area (TPSA) is 45.2 Å². The number of benzene rings is 1. The Hall–Kier alpha value is -1.93. The van der Waals surface area contributed by atoms with Gasteiger partial charge in [0.25, 0.3) is 5.91 Å². The maximum absolute atomic E-state index is 13.4. The molecule has 2 aromatic rings. The molecule has 8 heteroatoms. The molecule has 0 aliphatic rings. The van der Waals surface area contributed by atoms with Crippen LogP contribution in [-0.2, 0) is 6.18 Å². The number of alkyl halides is 3. The maximum atomic E-state index is 13.4. The molecular weight excluding hydrogens is 411 g/mol. The molecule has 166 valence electrons. The van der Waals surface area contributed by atoms with Gasteiger partial charge in [0, 0.05) is 25.2 Å². The molecule has 0 aliphatic heterocycles. The molecule has 0 saturated heterocycles. The van der Waals surface area contributed by atoms with Crippen molar-refractivity contribution in [1.82, 2.24) is 15.2 Å². The molecule has 1 aromatic carbocycles. The Kier molecular flexibility index (Phi) is 9.30. The number of nitrogens with zero attached hydrogens (tertiary/aromatic N) is 2. The number of nitrogens with one attached hydrogen (secondary N) is 1. The standard InChI is InChI=1S/C22H30F3N3OS/c1-4-6-12-26-13-15-28(14-7-5-2)21(29)19-16(3)27-20(30-19)17-10-8-9-11-18(17)22(23,24)25/h8-11,26H,4-7,12-15H2,1-3H3. The summed E-state index contributed by atoms with van der Waals surface area (Å²) in [7, 11) is 0. The zero-order valence-electron chi connectivity index (χ0n) is 17.8. The Bertz CT molecular complexity index is 820. The van der Waals surface area contributed by atoms with Gasteiger partial charge in [0.05, 0.1) is 11.3 Å². The first kappa shape index (κ1) is 24.3. The lowest BCUT2D eigenvalue weighted by Crippen LogP contribution is -2.37. The molecule has 1 aromatic heterocycles. The van der Waals surface area contributed by atoms with E-state index in [0.717, 1.165) is 49.6 Å². The summed E-state index contributed by atoms with van der Waals surface area (Å²) < 4.78 is 40.2. The highest BCUT2D eigenvalue weighted by Crippen LogP contribution is 2.39. The predicted octanol–water partition coefficient (Wildman–Crippen LogP) is 5.77. The van der Waals surface area contributed by atoms with Crippen LogP contribution in [-0.4, -0.2) is 42.0 Å². The van der Waals surface area contributed by atoms with Gasteiger partial charge in [-0.25, -0.2) is 4.98 Å². The lowest BCUT2D eigenvalue weighted by molar-refractivity contribution is -0.137. The van der Waals surface area contributed by atoms with Crippen LogP contribution < -0.4 is 5.32 Å². The predicted molar refractivity (Wildman–Crippen MR) is 116 cm³/mol. The lowest BCUT2D eigenvalue weighted by atomic mass is 10.1. The van der Waals surface area contributed by atoms with Crippen molar-refractivity contribution >= 4 is 17.2 Å². The summed E-state index contributed by atoms with van der Waals surface area (Å²) in [6.45, 7) is 8.65. The molecule has 0 bridgehead atoms. The molecule has 4 nitrogen and oxygen atoms in total. The van der Waals surface area contributed by atoms with Gasteiger partial charge in [-0.3, -0.25) is 4.79 Å². The number of carbonyl (C=O) groups is 1. The van der Waals surface area contributed by atoms with E-state index >= 15 is 0 Å². The smallest absolute Gasteiger partial charge is 0.337 e. The summed E-state index contributed by atoms with van der Waals surface area (Å²) in [5, 5.41) is 3.56. The highest BCUT2D eigenvalue weighted by molar-refractivity contribution is 7.17. The number of unbranched alkanes of at least 4 members (excludes halogenated alkanes) is 2. The highest BCUT2D eigenvalue weighted by atomic mass is 32.1. The fraction of sp³-hybridized carbons (Fsp3) is 0.545. The summed E-state index contributed by atoms with van der Waals surface area (Å²) in [4.78, 5) is 19.7. The van der Waals surface area contributed by atoms with Crippen molar-refractivity contribution in [2.45, 2.75) is 52.6 Å². The molecule has 0 atom stereocenters. The highest BCUT2D eigenvalue weighted by Gasteiger charge is 2.34. The Balaban J connectivity index is 2.24. The number of hydrogen-bond donors (Lipinski definition) is 1. The van der Waals surface area contributed by atoms with Crippen molar-refractivity contribution in [2.75, 3.05) is 26.2 Å². The van der Waals surface area contributed by atoms with E-state index in [9.17, 15) is 18.0 Å². The number of halogens is 3. The Morgan fingerprint density at radius 1 is 1.10 bits per heavy atom. The minimum Gasteiger partial charge on any atom is -0.337 e. The first-order chi connectivity index (χ1) is 14.3. The molecular formula is C22H30F3N3OS. The van der Waals surface area contributed by atoms with E-state index in [0.29, 0.717) is 30.2 Å². The third-order valence-corrected chi connectivity index (χ3v) is 5.97. The van der Waals surface area contributed by atoms with Gasteiger partial charge in [0.15, 0.2) is 0 Å². The number of rotatable bonds is 11. The molecule has 1 N–H and O–H groups in total. The number of carbonyl (C=O) groups excluding carboxylic acids is 1. The van der Waals surface area contributed by atoms with Gasteiger partial charge in [-0.15, -0.1) is 11.3 Å². The lowest BCUT2D eigenvalue weighted by Gasteiger charge is -2.22. The molecule has 2 rings (SSSR count). The van der Waals surface area contributed by atoms with Crippen LogP contribution in [0.15, 0.2) is 24.3 Å². The minimum absolute atomic E-state index is 0.0125. The van der Waals surface area contributed by atoms with Crippen molar-refractivity contribution < 1.29 is 18.0 Å². The van der Waals surface area contributed by atoms with Crippen LogP contribution in [0.4, 0.5) is 13.2 Å². The summed E-state index contributed by atoms with van der Waals surface area (Å²) in [6.07, 6.45) is -0.453. The van der Waals surface area contributed by atoms with Crippen LogP contribution in [0.3, 0.4) is 0 Å². The fourth-order valence-electron chi connectivity index (χ4n) is 3.08. The van der Waals surface area contributed by atoms with E-state index in [1.54, 1.807) is 17.9 Å². The van der Waals surface area contributed by atoms with Crippen LogP contribution in [0.5, 0.6) is 0 Å². The molecule has 0 spiro atoms. The SMILES string of the molecule is CCCCNCCN(CCCC)C(=O)c1sc(-c2ccccc2C(F)(F)F)nc1C. The van der Waals surface area contributed by atoms with Crippen molar-refractivity contribution in [3.8, 4) is 10.6 Å². The second kappa shape index (κ2) is 11.5. The van der Waals surface area contributed by atoms with Gasteiger partial charge in [-0.2, -0.15) is 13.2 Å². The molecule has 30 heavy (non-hydrogen) atoms. The summed E-state index contributed by atoms with van der Waals surface area (Å²) in [6, 6.07) is 5.36. The Labute approximate surface area is 180 Å². The zero-order valence-corrected chi connectivity index (χ0v) is 18.6. The molecule has 0 fully saturated rings. The third-order valence-electron chi connectivity index (χ3n) is 4.79. The average molecular weight is 442 g/mol. The monoisotopic (exact) mass is 441 g/mol. The van der Waals surface area contributed by atoms with Gasteiger partial charge in [-0.1, -0.05) is 44.9 Å². The number of amides is 1. The largest absolute Gasteiger partial charge is 0.417 e. The molecule has 1 heterocycles. The summed E-state index contributed by atoms with van der Waals surface area (Å²) in [5.41, 5.74) is -0.253. The summed E-state index contributed by atoms with van der Waals surface area (Å²) in [5.74, 6) is -0.161. The average Bonchev–Trinajstić information content (AvgIpc) is 3.10. The Morgan fingerprint density at radius 3 is 2.47 bits per heavy atom. The summed E-state index contributed by atoms with van der Waals surface area (Å²) >= 11 is 1.04. The van der Waals surface area contributed by atoms with Gasteiger partial charge < -0.3 is 10.2 Å². The normalized spacial score (nSPS) is 11.7. The van der Waals surface area contributed by atoms with Gasteiger partial charge in [0.2, 0.25) is 0 Å². The van der Waals surface area contributed by atoms with Gasteiger partial charge in [0.1, 0.15) is 9.88 Å². The van der Waals surface area contributed by atoms with Gasteiger partial charge >= 0.3 is 6.18 Å². The van der Waals surface area contributed by atoms with Crippen LogP contribution in [0.2, 0.25) is 0 Å². The van der Waals surface area contributed by atoms with E-state index in [1.165, 1.54) is 12.1 Å². The van der Waals surface area contributed by atoms with Crippen molar-refractivity contribution in [3.05, 3.63) is 40.4 Å². The van der Waals surface area contributed by atoms with E-state index in [1.807, 2.05) is 0 Å². The molecule has 0 aliphatic carbocycles. The number of thiazole rings is 1. The molecule has 0 unspecified atom stereocenters.